The van der Waals surface area contributed by atoms with Crippen LogP contribution in [0.25, 0.3) is 0 Å². The minimum atomic E-state index is -1.02. The Hall–Kier alpha value is -4.77. The van der Waals surface area contributed by atoms with Crippen LogP contribution in [-0.4, -0.2) is 105 Å². The molecule has 17 nitrogen and oxygen atoms in total. The summed E-state index contributed by atoms with van der Waals surface area (Å²) in [4.78, 5) is 89.8. The summed E-state index contributed by atoms with van der Waals surface area (Å²) in [5, 5.41) is 13.5. The molecular formula is C43H71N7O10. The molecule has 1 aromatic carbocycles. The number of anilines is 1. The monoisotopic (exact) mass is 846 g/mol. The molecule has 17 heteroatoms. The number of rotatable bonds is 26. The number of hydrogen-bond donors (Lipinski definition) is 6. The second-order valence-electron chi connectivity index (χ2n) is 17.8. The lowest BCUT2D eigenvalue weighted by Gasteiger charge is -2.25. The Balaban J connectivity index is 1.84. The molecule has 7 N–H and O–H groups in total. The van der Waals surface area contributed by atoms with Crippen molar-refractivity contribution in [2.45, 2.75) is 125 Å². The molecule has 1 saturated heterocycles. The number of carbonyl (C=O) groups excluding carboxylic acids is 7. The second-order valence-corrected chi connectivity index (χ2v) is 17.8. The standard InChI is InChI=1S/C43H71N7O10/c1-29(2)36(49-34(51)14-10-9-11-22-50-35(52)27-32(39(50)55)43(6,7)8)38(54)48-33(13-12-20-45-40(44)56)37(53)47-31-17-15-30(16-18-31)28-60-41(57)46-21-24-59-26-25-58-23-19-42(3,4)5/h15-18,29,32-33,36H,9-14,19-28H2,1-8H3,(H,46,57)(H,47,53)(H,48,54)(H,49,51)(H3,44,45,56)/t32?,33-,36?/m1/s1. The Bertz CT molecular complexity index is 1560. The molecule has 60 heavy (non-hydrogen) atoms. The zero-order chi connectivity index (χ0) is 44.9. The number of ether oxygens (including phenoxy) is 3. The number of benzene rings is 1. The highest BCUT2D eigenvalue weighted by Gasteiger charge is 2.44. The van der Waals surface area contributed by atoms with Crippen LogP contribution in [0.2, 0.25) is 0 Å². The van der Waals surface area contributed by atoms with E-state index in [-0.39, 0.29) is 79.3 Å². The van der Waals surface area contributed by atoms with Crippen LogP contribution >= 0.6 is 0 Å². The number of hydrogen-bond acceptors (Lipinski definition) is 10. The van der Waals surface area contributed by atoms with Crippen molar-refractivity contribution >= 4 is 47.3 Å². The van der Waals surface area contributed by atoms with Gasteiger partial charge in [-0.2, -0.15) is 0 Å². The molecule has 0 aliphatic carbocycles. The largest absolute Gasteiger partial charge is 0.445 e. The van der Waals surface area contributed by atoms with Crippen molar-refractivity contribution in [2.24, 2.45) is 28.4 Å². The molecule has 0 saturated carbocycles. The van der Waals surface area contributed by atoms with E-state index < -0.39 is 36.0 Å². The Morgan fingerprint density at radius 2 is 1.48 bits per heavy atom. The van der Waals surface area contributed by atoms with Crippen LogP contribution in [0.15, 0.2) is 24.3 Å². The normalized spacial score (nSPS) is 15.3. The summed E-state index contributed by atoms with van der Waals surface area (Å²) in [7, 11) is 0. The summed E-state index contributed by atoms with van der Waals surface area (Å²) in [6.07, 6.45) is 2.87. The molecule has 1 aliphatic rings. The third-order valence-electron chi connectivity index (χ3n) is 9.92. The van der Waals surface area contributed by atoms with Crippen LogP contribution < -0.4 is 32.3 Å². The van der Waals surface area contributed by atoms with Gasteiger partial charge >= 0.3 is 12.1 Å². The van der Waals surface area contributed by atoms with E-state index in [1.165, 1.54) is 4.90 Å². The van der Waals surface area contributed by atoms with Gasteiger partial charge in [-0.05, 0) is 66.5 Å². The number of urea groups is 1. The van der Waals surface area contributed by atoms with Gasteiger partial charge in [0.15, 0.2) is 0 Å². The van der Waals surface area contributed by atoms with E-state index >= 15 is 0 Å². The quantitative estimate of drug-likeness (QED) is 0.0569. The van der Waals surface area contributed by atoms with Crippen LogP contribution in [0.4, 0.5) is 15.3 Å². The summed E-state index contributed by atoms with van der Waals surface area (Å²) >= 11 is 0. The van der Waals surface area contributed by atoms with E-state index in [1.807, 2.05) is 20.8 Å². The van der Waals surface area contributed by atoms with Gasteiger partial charge in [0.05, 0.1) is 25.7 Å². The van der Waals surface area contributed by atoms with E-state index in [0.717, 1.165) is 6.42 Å². The second kappa shape index (κ2) is 25.8. The Kier molecular flexibility index (Phi) is 22.1. The van der Waals surface area contributed by atoms with Gasteiger partial charge in [0.25, 0.3) is 0 Å². The molecule has 1 aromatic rings. The lowest BCUT2D eigenvalue weighted by Crippen LogP contribution is -2.54. The number of carbonyl (C=O) groups is 7. The van der Waals surface area contributed by atoms with E-state index in [2.05, 4.69) is 47.4 Å². The molecule has 1 heterocycles. The number of nitrogens with two attached hydrogens (primary N) is 1. The lowest BCUT2D eigenvalue weighted by molar-refractivity contribution is -0.140. The summed E-state index contributed by atoms with van der Waals surface area (Å²) in [6, 6.07) is 3.99. The zero-order valence-corrected chi connectivity index (χ0v) is 37.0. The smallest absolute Gasteiger partial charge is 0.407 e. The Labute approximate surface area is 355 Å². The summed E-state index contributed by atoms with van der Waals surface area (Å²) in [5.41, 5.74) is 6.21. The van der Waals surface area contributed by atoms with E-state index in [1.54, 1.807) is 38.1 Å². The summed E-state index contributed by atoms with van der Waals surface area (Å²) < 4.78 is 16.3. The lowest BCUT2D eigenvalue weighted by atomic mass is 9.80. The van der Waals surface area contributed by atoms with Gasteiger partial charge in [0.2, 0.25) is 29.5 Å². The SMILES string of the molecule is CC(C)C(NC(=O)CCCCCN1C(=O)CC(C(C)(C)C)C1=O)C(=O)N[C@H](CCCNC(N)=O)C(=O)Nc1ccc(COC(=O)NCCOCCOCCC(C)(C)C)cc1. The van der Waals surface area contributed by atoms with Crippen molar-refractivity contribution in [3.8, 4) is 0 Å². The molecular weight excluding hydrogens is 775 g/mol. The minimum Gasteiger partial charge on any atom is -0.445 e. The van der Waals surface area contributed by atoms with Gasteiger partial charge in [0.1, 0.15) is 18.7 Å². The summed E-state index contributed by atoms with van der Waals surface area (Å²) in [6.45, 7) is 18.5. The molecule has 1 aliphatic heterocycles. The molecule has 0 spiro atoms. The van der Waals surface area contributed by atoms with Gasteiger partial charge in [-0.15, -0.1) is 0 Å². The first-order chi connectivity index (χ1) is 28.2. The molecule has 2 unspecified atom stereocenters. The van der Waals surface area contributed by atoms with Crippen molar-refractivity contribution in [3.05, 3.63) is 29.8 Å². The van der Waals surface area contributed by atoms with Gasteiger partial charge in [-0.3, -0.25) is 28.9 Å². The number of primary amides is 1. The predicted octanol–water partition coefficient (Wildman–Crippen LogP) is 4.38. The fourth-order valence-corrected chi connectivity index (χ4v) is 6.19. The first-order valence-corrected chi connectivity index (χ1v) is 21.1. The number of alkyl carbamates (subject to hydrolysis) is 1. The topological polar surface area (TPSA) is 237 Å². The van der Waals surface area contributed by atoms with Crippen LogP contribution in [0, 0.1) is 22.7 Å². The Morgan fingerprint density at radius 3 is 2.08 bits per heavy atom. The molecule has 0 radical (unpaired) electrons. The predicted molar refractivity (Wildman–Crippen MR) is 227 cm³/mol. The first-order valence-electron chi connectivity index (χ1n) is 21.1. The third-order valence-corrected chi connectivity index (χ3v) is 9.92. The van der Waals surface area contributed by atoms with Crippen molar-refractivity contribution < 1.29 is 47.8 Å². The highest BCUT2D eigenvalue weighted by atomic mass is 16.5. The Morgan fingerprint density at radius 1 is 0.817 bits per heavy atom. The first kappa shape index (κ1) is 51.4. The molecule has 338 valence electrons. The van der Waals surface area contributed by atoms with Gasteiger partial charge in [-0.1, -0.05) is 73.9 Å². The molecule has 3 atom stereocenters. The maximum absolute atomic E-state index is 13.5. The van der Waals surface area contributed by atoms with Gasteiger partial charge < -0.3 is 46.5 Å². The van der Waals surface area contributed by atoms with Gasteiger partial charge in [0, 0.05) is 44.8 Å². The van der Waals surface area contributed by atoms with Crippen LogP contribution in [0.5, 0.6) is 0 Å². The highest BCUT2D eigenvalue weighted by molar-refractivity contribution is 6.04. The zero-order valence-electron chi connectivity index (χ0n) is 37.0. The van der Waals surface area contributed by atoms with Crippen molar-refractivity contribution in [1.29, 1.82) is 0 Å². The van der Waals surface area contributed by atoms with Crippen LogP contribution in [0.1, 0.15) is 112 Å². The third kappa shape index (κ3) is 20.5. The van der Waals surface area contributed by atoms with Gasteiger partial charge in [-0.25, -0.2) is 9.59 Å². The van der Waals surface area contributed by atoms with E-state index in [4.69, 9.17) is 19.9 Å². The summed E-state index contributed by atoms with van der Waals surface area (Å²) in [5.74, 6) is -2.34. The number of amides is 8. The fraction of sp³-hybridized carbons (Fsp3) is 0.698. The van der Waals surface area contributed by atoms with Crippen molar-refractivity contribution in [2.75, 3.05) is 51.4 Å². The van der Waals surface area contributed by atoms with Crippen molar-refractivity contribution in [1.82, 2.24) is 26.2 Å². The minimum absolute atomic E-state index is 0.00491. The number of nitrogens with zero attached hydrogens (tertiary/aromatic N) is 1. The van der Waals surface area contributed by atoms with E-state index in [9.17, 15) is 33.6 Å². The number of nitrogens with one attached hydrogen (secondary N) is 5. The number of likely N-dealkylation sites (tertiary alicyclic amines) is 1. The molecule has 2 rings (SSSR count). The number of imide groups is 1. The fourth-order valence-electron chi connectivity index (χ4n) is 6.19. The maximum atomic E-state index is 13.5. The average molecular weight is 846 g/mol. The number of unbranched alkanes of at least 4 members (excludes halogenated alkanes) is 2. The molecule has 0 bridgehead atoms. The van der Waals surface area contributed by atoms with Crippen LogP contribution in [-0.2, 0) is 44.8 Å². The van der Waals surface area contributed by atoms with Crippen molar-refractivity contribution in [3.63, 3.8) is 0 Å². The average Bonchev–Trinajstić information content (AvgIpc) is 3.45. The molecule has 8 amide bonds. The van der Waals surface area contributed by atoms with Crippen LogP contribution in [0.3, 0.4) is 0 Å². The maximum Gasteiger partial charge on any atom is 0.407 e. The van der Waals surface area contributed by atoms with E-state index in [0.29, 0.717) is 69.9 Å². The highest BCUT2D eigenvalue weighted by Crippen LogP contribution is 2.35. The molecule has 0 aromatic heterocycles. The molecule has 1 fully saturated rings.